The highest BCUT2D eigenvalue weighted by Crippen LogP contribution is 2.29. The summed E-state index contributed by atoms with van der Waals surface area (Å²) < 4.78 is 43.5. The van der Waals surface area contributed by atoms with Crippen molar-refractivity contribution >= 4 is 11.7 Å². The van der Waals surface area contributed by atoms with Gasteiger partial charge in [-0.1, -0.05) is 19.1 Å². The highest BCUT2D eigenvalue weighted by atomic mass is 19.4. The van der Waals surface area contributed by atoms with Crippen molar-refractivity contribution in [3.8, 4) is 5.75 Å². The zero-order chi connectivity index (χ0) is 21.6. The monoisotopic (exact) mass is 421 g/mol. The van der Waals surface area contributed by atoms with E-state index in [1.807, 2.05) is 29.2 Å². The molecule has 1 fully saturated rings. The first-order valence-corrected chi connectivity index (χ1v) is 10.1. The lowest BCUT2D eigenvalue weighted by Gasteiger charge is -2.18. The summed E-state index contributed by atoms with van der Waals surface area (Å²) in [5, 5.41) is 3.01. The summed E-state index contributed by atoms with van der Waals surface area (Å²) in [6.45, 7) is 3.91. The normalized spacial score (nSPS) is 16.5. The second-order valence-electron chi connectivity index (χ2n) is 7.39. The van der Waals surface area contributed by atoms with E-state index < -0.39 is 11.7 Å². The highest BCUT2D eigenvalue weighted by Gasteiger charge is 2.31. The van der Waals surface area contributed by atoms with Gasteiger partial charge in [0.2, 0.25) is 5.91 Å². The molecule has 0 bridgehead atoms. The van der Waals surface area contributed by atoms with Crippen LogP contribution in [0.2, 0.25) is 0 Å². The molecule has 8 heteroatoms. The molecule has 1 saturated heterocycles. The van der Waals surface area contributed by atoms with E-state index in [9.17, 15) is 18.0 Å². The standard InChI is InChI=1S/C22H26F3N3O2/c1-2-13-30-19-7-3-16(4-8-19)5-10-21(29)27-18-11-12-28(15-18)20-9-6-17(14-26-20)22(23,24)25/h3-4,6-9,14,18H,2,5,10-13,15H2,1H3,(H,27,29). The van der Waals surface area contributed by atoms with Crippen molar-refractivity contribution in [3.05, 3.63) is 53.7 Å². The Morgan fingerprint density at radius 2 is 2.00 bits per heavy atom. The predicted octanol–water partition coefficient (Wildman–Crippen LogP) is 4.22. The van der Waals surface area contributed by atoms with Crippen LogP contribution < -0.4 is 15.0 Å². The molecule has 0 aliphatic carbocycles. The van der Waals surface area contributed by atoms with Gasteiger partial charge in [-0.05, 0) is 49.1 Å². The fourth-order valence-corrected chi connectivity index (χ4v) is 3.36. The molecule has 1 aromatic heterocycles. The fraction of sp³-hybridized carbons (Fsp3) is 0.455. The molecule has 2 aromatic rings. The van der Waals surface area contributed by atoms with Crippen molar-refractivity contribution in [1.29, 1.82) is 0 Å². The van der Waals surface area contributed by atoms with Gasteiger partial charge in [-0.25, -0.2) is 4.98 Å². The number of benzene rings is 1. The summed E-state index contributed by atoms with van der Waals surface area (Å²) in [6, 6.07) is 10.1. The summed E-state index contributed by atoms with van der Waals surface area (Å²) in [6.07, 6.45) is -0.843. The summed E-state index contributed by atoms with van der Waals surface area (Å²) >= 11 is 0. The number of aromatic nitrogens is 1. The van der Waals surface area contributed by atoms with Gasteiger partial charge in [-0.2, -0.15) is 13.2 Å². The molecule has 1 aromatic carbocycles. The van der Waals surface area contributed by atoms with Crippen molar-refractivity contribution in [2.75, 3.05) is 24.6 Å². The summed E-state index contributed by atoms with van der Waals surface area (Å²) in [5.74, 6) is 1.28. The SMILES string of the molecule is CCCOc1ccc(CCC(=O)NC2CCN(c3ccc(C(F)(F)F)cn3)C2)cc1. The van der Waals surface area contributed by atoms with E-state index in [1.165, 1.54) is 6.07 Å². The highest BCUT2D eigenvalue weighted by molar-refractivity contribution is 5.76. The Morgan fingerprint density at radius 1 is 1.23 bits per heavy atom. The average molecular weight is 421 g/mol. The van der Waals surface area contributed by atoms with E-state index in [2.05, 4.69) is 17.2 Å². The molecule has 1 atom stereocenters. The topological polar surface area (TPSA) is 54.5 Å². The van der Waals surface area contributed by atoms with Crippen LogP contribution in [0, 0.1) is 0 Å². The number of rotatable bonds is 8. The lowest BCUT2D eigenvalue weighted by Crippen LogP contribution is -2.37. The summed E-state index contributed by atoms with van der Waals surface area (Å²) in [7, 11) is 0. The zero-order valence-electron chi connectivity index (χ0n) is 16.9. The van der Waals surface area contributed by atoms with Gasteiger partial charge in [0.15, 0.2) is 0 Å². The van der Waals surface area contributed by atoms with Gasteiger partial charge in [-0.3, -0.25) is 4.79 Å². The van der Waals surface area contributed by atoms with Crippen LogP contribution in [0.5, 0.6) is 5.75 Å². The average Bonchev–Trinajstić information content (AvgIpc) is 3.19. The molecule has 1 aliphatic heterocycles. The molecule has 5 nitrogen and oxygen atoms in total. The molecule has 0 spiro atoms. The smallest absolute Gasteiger partial charge is 0.417 e. The molecule has 1 aliphatic rings. The molecule has 162 valence electrons. The molecule has 2 heterocycles. The third-order valence-electron chi connectivity index (χ3n) is 4.99. The minimum absolute atomic E-state index is 0.0338. The first-order valence-electron chi connectivity index (χ1n) is 10.1. The first-order chi connectivity index (χ1) is 14.3. The van der Waals surface area contributed by atoms with Crippen LogP contribution in [0.25, 0.3) is 0 Å². The number of carbonyl (C=O) groups excluding carboxylic acids is 1. The zero-order valence-corrected chi connectivity index (χ0v) is 16.9. The second-order valence-corrected chi connectivity index (χ2v) is 7.39. The molecule has 0 saturated carbocycles. The number of pyridine rings is 1. The second kappa shape index (κ2) is 9.82. The van der Waals surface area contributed by atoms with E-state index >= 15 is 0 Å². The minimum Gasteiger partial charge on any atom is -0.494 e. The van der Waals surface area contributed by atoms with Crippen molar-refractivity contribution in [2.45, 2.75) is 44.8 Å². The van der Waals surface area contributed by atoms with Gasteiger partial charge in [0, 0.05) is 31.7 Å². The van der Waals surface area contributed by atoms with Gasteiger partial charge in [0.25, 0.3) is 0 Å². The van der Waals surface area contributed by atoms with E-state index in [-0.39, 0.29) is 11.9 Å². The van der Waals surface area contributed by atoms with Crippen LogP contribution in [0.1, 0.15) is 37.3 Å². The quantitative estimate of drug-likeness (QED) is 0.694. The predicted molar refractivity (Wildman–Crippen MR) is 109 cm³/mol. The molecule has 1 N–H and O–H groups in total. The third-order valence-corrected chi connectivity index (χ3v) is 4.99. The number of ether oxygens (including phenoxy) is 1. The van der Waals surface area contributed by atoms with Crippen LogP contribution in [0.3, 0.4) is 0 Å². The lowest BCUT2D eigenvalue weighted by molar-refractivity contribution is -0.137. The Bertz CT molecular complexity index is 823. The van der Waals surface area contributed by atoms with Crippen molar-refractivity contribution in [3.63, 3.8) is 0 Å². The van der Waals surface area contributed by atoms with Gasteiger partial charge in [-0.15, -0.1) is 0 Å². The number of amides is 1. The fourth-order valence-electron chi connectivity index (χ4n) is 3.36. The Morgan fingerprint density at radius 3 is 2.63 bits per heavy atom. The number of nitrogens with one attached hydrogen (secondary N) is 1. The van der Waals surface area contributed by atoms with E-state index in [1.54, 1.807) is 0 Å². The number of hydrogen-bond donors (Lipinski definition) is 1. The van der Waals surface area contributed by atoms with Crippen molar-refractivity contribution in [1.82, 2.24) is 10.3 Å². The number of aryl methyl sites for hydroxylation is 1. The number of carbonyl (C=O) groups is 1. The van der Waals surface area contributed by atoms with Crippen molar-refractivity contribution in [2.24, 2.45) is 0 Å². The molecular formula is C22H26F3N3O2. The Labute approximate surface area is 174 Å². The van der Waals surface area contributed by atoms with Crippen LogP contribution >= 0.6 is 0 Å². The third kappa shape index (κ3) is 6.11. The maximum atomic E-state index is 12.7. The number of halogens is 3. The summed E-state index contributed by atoms with van der Waals surface area (Å²) in [4.78, 5) is 18.1. The number of nitrogens with zero attached hydrogens (tertiary/aromatic N) is 2. The lowest BCUT2D eigenvalue weighted by atomic mass is 10.1. The maximum absolute atomic E-state index is 12.7. The van der Waals surface area contributed by atoms with Gasteiger partial charge >= 0.3 is 6.18 Å². The van der Waals surface area contributed by atoms with Crippen LogP contribution in [0.4, 0.5) is 19.0 Å². The molecule has 0 radical (unpaired) electrons. The van der Waals surface area contributed by atoms with Crippen LogP contribution in [-0.2, 0) is 17.4 Å². The maximum Gasteiger partial charge on any atom is 0.417 e. The van der Waals surface area contributed by atoms with Gasteiger partial charge < -0.3 is 15.0 Å². The molecule has 3 rings (SSSR count). The Hall–Kier alpha value is -2.77. The van der Waals surface area contributed by atoms with Crippen molar-refractivity contribution < 1.29 is 22.7 Å². The number of hydrogen-bond acceptors (Lipinski definition) is 4. The first kappa shape index (κ1) is 21.9. The number of anilines is 1. The van der Waals surface area contributed by atoms with E-state index in [4.69, 9.17) is 4.74 Å². The van der Waals surface area contributed by atoms with E-state index in [0.29, 0.717) is 38.4 Å². The number of alkyl halides is 3. The molecule has 30 heavy (non-hydrogen) atoms. The molecule has 1 amide bonds. The Kier molecular flexibility index (Phi) is 7.18. The largest absolute Gasteiger partial charge is 0.494 e. The van der Waals surface area contributed by atoms with Crippen LogP contribution in [-0.4, -0.2) is 36.6 Å². The van der Waals surface area contributed by atoms with E-state index in [0.717, 1.165) is 36.4 Å². The van der Waals surface area contributed by atoms with Gasteiger partial charge in [0.1, 0.15) is 11.6 Å². The summed E-state index contributed by atoms with van der Waals surface area (Å²) in [5.41, 5.74) is 0.302. The minimum atomic E-state index is -4.39. The molecular weight excluding hydrogens is 395 g/mol. The van der Waals surface area contributed by atoms with Crippen LogP contribution in [0.15, 0.2) is 42.6 Å². The molecule has 1 unspecified atom stereocenters. The Balaban J connectivity index is 1.43. The van der Waals surface area contributed by atoms with Gasteiger partial charge in [0.05, 0.1) is 12.2 Å².